The Morgan fingerprint density at radius 3 is 2.57 bits per heavy atom. The molecule has 180 valence electrons. The van der Waals surface area contributed by atoms with Crippen LogP contribution in [0.15, 0.2) is 71.9 Å². The molecule has 0 aliphatic heterocycles. The average molecular weight is 493 g/mol. The largest absolute Gasteiger partial charge is 0.495 e. The van der Waals surface area contributed by atoms with Crippen molar-refractivity contribution in [1.29, 1.82) is 0 Å². The van der Waals surface area contributed by atoms with E-state index in [1.807, 2.05) is 12.1 Å². The minimum atomic E-state index is -4.26. The molecule has 2 heterocycles. The normalized spacial score (nSPS) is 14.9. The van der Waals surface area contributed by atoms with E-state index in [9.17, 15) is 13.2 Å². The Morgan fingerprint density at radius 2 is 1.91 bits per heavy atom. The quantitative estimate of drug-likeness (QED) is 0.420. The molecule has 2 aromatic carbocycles. The van der Waals surface area contributed by atoms with E-state index >= 15 is 0 Å². The summed E-state index contributed by atoms with van der Waals surface area (Å²) in [5.74, 6) is -0.705. The van der Waals surface area contributed by atoms with Gasteiger partial charge in [-0.15, -0.1) is 0 Å². The molecule has 0 radical (unpaired) electrons. The van der Waals surface area contributed by atoms with Crippen molar-refractivity contribution in [2.75, 3.05) is 14.2 Å². The first-order chi connectivity index (χ1) is 16.9. The monoisotopic (exact) mass is 492 g/mol. The van der Waals surface area contributed by atoms with Crippen LogP contribution >= 0.6 is 0 Å². The van der Waals surface area contributed by atoms with Crippen molar-refractivity contribution in [1.82, 2.24) is 19.5 Å². The van der Waals surface area contributed by atoms with Crippen LogP contribution in [-0.2, 0) is 20.4 Å². The summed E-state index contributed by atoms with van der Waals surface area (Å²) in [5, 5.41) is 5.02. The first-order valence-corrected chi connectivity index (χ1v) is 12.6. The highest BCUT2D eigenvalue weighted by Crippen LogP contribution is 2.45. The molecule has 0 saturated heterocycles. The third-order valence-electron chi connectivity index (χ3n) is 6.45. The predicted molar refractivity (Wildman–Crippen MR) is 129 cm³/mol. The number of nitrogens with zero attached hydrogens (tertiary/aromatic N) is 3. The average Bonchev–Trinajstić information content (AvgIpc) is 3.37. The minimum absolute atomic E-state index is 0.0267. The summed E-state index contributed by atoms with van der Waals surface area (Å²) in [7, 11) is -1.26. The zero-order chi connectivity index (χ0) is 24.6. The molecule has 0 atom stereocenters. The van der Waals surface area contributed by atoms with Crippen LogP contribution in [0.3, 0.4) is 0 Å². The topological polar surface area (TPSA) is 112 Å². The molecule has 1 fully saturated rings. The van der Waals surface area contributed by atoms with Gasteiger partial charge in [0, 0.05) is 24.9 Å². The number of fused-ring (bicyclic) bond motifs is 1. The second-order valence-electron chi connectivity index (χ2n) is 8.34. The van der Waals surface area contributed by atoms with Gasteiger partial charge < -0.3 is 9.47 Å². The smallest absolute Gasteiger partial charge is 0.283 e. The van der Waals surface area contributed by atoms with Crippen LogP contribution in [0.1, 0.15) is 35.3 Å². The molecule has 0 spiro atoms. The van der Waals surface area contributed by atoms with Gasteiger partial charge in [-0.2, -0.15) is 5.10 Å². The number of carbonyl (C=O) groups excluding carboxylic acids is 1. The van der Waals surface area contributed by atoms with Crippen LogP contribution in [-0.4, -0.2) is 43.3 Å². The minimum Gasteiger partial charge on any atom is -0.495 e. The second-order valence-corrected chi connectivity index (χ2v) is 9.99. The first-order valence-electron chi connectivity index (χ1n) is 11.1. The Kier molecular flexibility index (Phi) is 5.78. The Hall–Kier alpha value is -3.76. The van der Waals surface area contributed by atoms with E-state index in [-0.39, 0.29) is 16.3 Å². The van der Waals surface area contributed by atoms with Crippen molar-refractivity contribution in [3.63, 3.8) is 0 Å². The van der Waals surface area contributed by atoms with Crippen molar-refractivity contribution >= 4 is 26.8 Å². The summed E-state index contributed by atoms with van der Waals surface area (Å²) in [4.78, 5) is 17.2. The molecule has 1 aliphatic carbocycles. The van der Waals surface area contributed by atoms with Gasteiger partial charge >= 0.3 is 0 Å². The highest BCUT2D eigenvalue weighted by Gasteiger charge is 2.40. The SMILES string of the molecule is COc1ccc(C2(OC)CCC2)cc1S(=O)(=O)NC(=O)c1ccc2c(-n3cccn3)cccc2n1. The van der Waals surface area contributed by atoms with Crippen LogP contribution in [0.2, 0.25) is 0 Å². The highest BCUT2D eigenvalue weighted by molar-refractivity contribution is 7.90. The van der Waals surface area contributed by atoms with Gasteiger partial charge in [0.25, 0.3) is 15.9 Å². The molecule has 35 heavy (non-hydrogen) atoms. The van der Waals surface area contributed by atoms with Crippen LogP contribution in [0.5, 0.6) is 5.75 Å². The van der Waals surface area contributed by atoms with E-state index in [2.05, 4.69) is 14.8 Å². The maximum atomic E-state index is 13.3. The lowest BCUT2D eigenvalue weighted by atomic mass is 9.75. The molecule has 1 N–H and O–H groups in total. The molecular formula is C25H24N4O5S. The molecule has 1 amide bonds. The Balaban J connectivity index is 1.47. The van der Waals surface area contributed by atoms with Gasteiger partial charge in [0.1, 0.15) is 16.3 Å². The molecule has 9 nitrogen and oxygen atoms in total. The van der Waals surface area contributed by atoms with Crippen molar-refractivity contribution in [2.24, 2.45) is 0 Å². The Bertz CT molecular complexity index is 1510. The third kappa shape index (κ3) is 4.04. The fourth-order valence-electron chi connectivity index (χ4n) is 4.38. The number of hydrogen-bond donors (Lipinski definition) is 1. The maximum Gasteiger partial charge on any atom is 0.283 e. The molecule has 5 rings (SSSR count). The van der Waals surface area contributed by atoms with Gasteiger partial charge in [-0.25, -0.2) is 22.8 Å². The van der Waals surface area contributed by atoms with Gasteiger partial charge in [0.2, 0.25) is 0 Å². The fourth-order valence-corrected chi connectivity index (χ4v) is 5.54. The lowest BCUT2D eigenvalue weighted by Crippen LogP contribution is -2.36. The number of carbonyl (C=O) groups is 1. The number of pyridine rings is 1. The molecule has 1 saturated carbocycles. The Morgan fingerprint density at radius 1 is 1.09 bits per heavy atom. The standard InChI is InChI=1S/C25H24N4O5S/c1-33-22-11-8-17(25(34-2)12-4-13-25)16-23(22)35(31,32)28-24(30)20-10-9-18-19(27-20)6-3-7-21(18)29-15-5-14-26-29/h3,5-11,14-16H,4,12-13H2,1-2H3,(H,28,30). The number of nitrogens with one attached hydrogen (secondary N) is 1. The maximum absolute atomic E-state index is 13.3. The highest BCUT2D eigenvalue weighted by atomic mass is 32.2. The third-order valence-corrected chi connectivity index (χ3v) is 7.80. The van der Waals surface area contributed by atoms with Gasteiger partial charge in [-0.3, -0.25) is 4.79 Å². The summed E-state index contributed by atoms with van der Waals surface area (Å²) in [6, 6.07) is 15.3. The van der Waals surface area contributed by atoms with Gasteiger partial charge in [0.15, 0.2) is 0 Å². The second kappa shape index (κ2) is 8.79. The van der Waals surface area contributed by atoms with Gasteiger partial charge in [0.05, 0.1) is 23.9 Å². The van der Waals surface area contributed by atoms with Gasteiger partial charge in [-0.05, 0) is 67.3 Å². The van der Waals surface area contributed by atoms with Crippen molar-refractivity contribution in [2.45, 2.75) is 29.8 Å². The number of sulfonamides is 1. The number of amides is 1. The molecule has 0 unspecified atom stereocenters. The summed E-state index contributed by atoms with van der Waals surface area (Å²) in [6.45, 7) is 0. The lowest BCUT2D eigenvalue weighted by molar-refractivity contribution is -0.0780. The van der Waals surface area contributed by atoms with Crippen molar-refractivity contribution in [3.05, 3.63) is 78.2 Å². The summed E-state index contributed by atoms with van der Waals surface area (Å²) < 4.78 is 41.3. The van der Waals surface area contributed by atoms with E-state index in [0.29, 0.717) is 5.52 Å². The van der Waals surface area contributed by atoms with Crippen molar-refractivity contribution in [3.8, 4) is 11.4 Å². The number of methoxy groups -OCH3 is 2. The van der Waals surface area contributed by atoms with Crippen LogP contribution < -0.4 is 9.46 Å². The fraction of sp³-hybridized carbons (Fsp3) is 0.240. The van der Waals surface area contributed by atoms with E-state index in [0.717, 1.165) is 35.9 Å². The number of aromatic nitrogens is 3. The number of ether oxygens (including phenoxy) is 2. The van der Waals surface area contributed by atoms with Crippen LogP contribution in [0.25, 0.3) is 16.6 Å². The van der Waals surface area contributed by atoms with Crippen LogP contribution in [0.4, 0.5) is 0 Å². The molecule has 1 aliphatic rings. The predicted octanol–water partition coefficient (Wildman–Crippen LogP) is 3.57. The van der Waals surface area contributed by atoms with Crippen molar-refractivity contribution < 1.29 is 22.7 Å². The first kappa shape index (κ1) is 23.0. The molecule has 4 aromatic rings. The van der Waals surface area contributed by atoms with Crippen LogP contribution in [0, 0.1) is 0 Å². The number of rotatable bonds is 7. The molecule has 2 aromatic heterocycles. The molecule has 10 heteroatoms. The van der Waals surface area contributed by atoms with E-state index < -0.39 is 21.5 Å². The number of hydrogen-bond acceptors (Lipinski definition) is 7. The number of benzene rings is 2. The lowest BCUT2D eigenvalue weighted by Gasteiger charge is -2.41. The van der Waals surface area contributed by atoms with E-state index in [4.69, 9.17) is 9.47 Å². The Labute approximate surface area is 202 Å². The summed E-state index contributed by atoms with van der Waals surface area (Å²) >= 11 is 0. The molecule has 0 bridgehead atoms. The summed E-state index contributed by atoms with van der Waals surface area (Å²) in [6.07, 6.45) is 6.06. The van der Waals surface area contributed by atoms with E-state index in [1.165, 1.54) is 19.2 Å². The van der Waals surface area contributed by atoms with E-state index in [1.54, 1.807) is 54.5 Å². The molecular weight excluding hydrogens is 468 g/mol. The zero-order valence-corrected chi connectivity index (χ0v) is 20.1. The van der Waals surface area contributed by atoms with Gasteiger partial charge in [-0.1, -0.05) is 12.1 Å². The summed E-state index contributed by atoms with van der Waals surface area (Å²) in [5.41, 5.74) is 1.52. The zero-order valence-electron chi connectivity index (χ0n) is 19.3.